The number of hydrogen-bond donors (Lipinski definition) is 2. The Morgan fingerprint density at radius 1 is 0.808 bits per heavy atom. The summed E-state index contributed by atoms with van der Waals surface area (Å²) >= 11 is 0. The van der Waals surface area contributed by atoms with Crippen molar-refractivity contribution < 1.29 is 4.79 Å². The number of primary amides is 1. The van der Waals surface area contributed by atoms with Gasteiger partial charge < -0.3 is 11.1 Å². The van der Waals surface area contributed by atoms with Crippen LogP contribution in [0.4, 0.5) is 4.79 Å². The smallest absolute Gasteiger partial charge is 0.312 e. The van der Waals surface area contributed by atoms with Crippen LogP contribution >= 0.6 is 0 Å². The number of nitrogens with one attached hydrogen (secondary N) is 1. The van der Waals surface area contributed by atoms with E-state index >= 15 is 0 Å². The Hall–Kier alpha value is -1.51. The van der Waals surface area contributed by atoms with Crippen molar-refractivity contribution in [3.05, 3.63) is 35.9 Å². The summed E-state index contributed by atoms with van der Waals surface area (Å²) < 4.78 is 0. The van der Waals surface area contributed by atoms with Gasteiger partial charge in [-0.15, -0.1) is 0 Å². The molecule has 0 aliphatic carbocycles. The van der Waals surface area contributed by atoms with Crippen molar-refractivity contribution in [2.75, 3.05) is 0 Å². The minimum absolute atomic E-state index is 0.0430. The number of unbranched alkanes of at least 4 members (excludes halogenated alkanes) is 12. The molecule has 0 aliphatic rings. The van der Waals surface area contributed by atoms with Gasteiger partial charge in [-0.3, -0.25) is 0 Å². The summed E-state index contributed by atoms with van der Waals surface area (Å²) in [6.45, 7) is 2.27. The van der Waals surface area contributed by atoms with Gasteiger partial charge in [-0.05, 0) is 12.0 Å². The molecule has 0 aliphatic heterocycles. The Kier molecular flexibility index (Phi) is 13.6. The summed E-state index contributed by atoms with van der Waals surface area (Å²) in [5, 5.41) is 2.88. The van der Waals surface area contributed by atoms with E-state index in [1.807, 2.05) is 18.2 Å². The first-order valence-corrected chi connectivity index (χ1v) is 10.8. The van der Waals surface area contributed by atoms with Gasteiger partial charge >= 0.3 is 6.03 Å². The van der Waals surface area contributed by atoms with E-state index in [1.165, 1.54) is 77.0 Å². The van der Waals surface area contributed by atoms with Gasteiger partial charge in [-0.25, -0.2) is 4.79 Å². The fourth-order valence-corrected chi connectivity index (χ4v) is 3.55. The fourth-order valence-electron chi connectivity index (χ4n) is 3.55. The molecule has 0 bridgehead atoms. The standard InChI is InChI=1S/C23H40N2O/c1-2-3-4-5-6-7-8-9-10-11-12-13-17-20-22(25-23(24)26)21-18-15-14-16-19-21/h14-16,18-19,22H,2-13,17,20H2,1H3,(H3,24,25,26). The predicted molar refractivity (Wildman–Crippen MR) is 112 cm³/mol. The first-order chi connectivity index (χ1) is 12.7. The molecule has 3 heteroatoms. The van der Waals surface area contributed by atoms with Crippen LogP contribution in [0.2, 0.25) is 0 Å². The highest BCUT2D eigenvalue weighted by molar-refractivity contribution is 5.72. The average Bonchev–Trinajstić information content (AvgIpc) is 2.65. The van der Waals surface area contributed by atoms with Gasteiger partial charge in [0.05, 0.1) is 6.04 Å². The number of amides is 2. The molecule has 1 rings (SSSR count). The highest BCUT2D eigenvalue weighted by atomic mass is 16.2. The van der Waals surface area contributed by atoms with E-state index in [9.17, 15) is 4.79 Å². The van der Waals surface area contributed by atoms with E-state index in [2.05, 4.69) is 24.4 Å². The van der Waals surface area contributed by atoms with Crippen molar-refractivity contribution in [3.63, 3.8) is 0 Å². The molecule has 0 spiro atoms. The second-order valence-corrected chi connectivity index (χ2v) is 7.50. The molecular formula is C23H40N2O. The van der Waals surface area contributed by atoms with Gasteiger partial charge in [0.1, 0.15) is 0 Å². The third-order valence-corrected chi connectivity index (χ3v) is 5.11. The monoisotopic (exact) mass is 360 g/mol. The molecule has 148 valence electrons. The van der Waals surface area contributed by atoms with Gasteiger partial charge in [0.2, 0.25) is 0 Å². The zero-order valence-corrected chi connectivity index (χ0v) is 16.8. The van der Waals surface area contributed by atoms with Gasteiger partial charge in [-0.2, -0.15) is 0 Å². The molecule has 0 fully saturated rings. The summed E-state index contributed by atoms with van der Waals surface area (Å²) in [5.41, 5.74) is 6.47. The highest BCUT2D eigenvalue weighted by Crippen LogP contribution is 2.20. The van der Waals surface area contributed by atoms with Crippen LogP contribution in [0, 0.1) is 0 Å². The molecule has 26 heavy (non-hydrogen) atoms. The molecular weight excluding hydrogens is 320 g/mol. The van der Waals surface area contributed by atoms with E-state index in [1.54, 1.807) is 0 Å². The summed E-state index contributed by atoms with van der Waals surface area (Å²) in [7, 11) is 0. The lowest BCUT2D eigenvalue weighted by atomic mass is 9.99. The van der Waals surface area contributed by atoms with Crippen LogP contribution in [0.25, 0.3) is 0 Å². The molecule has 0 aromatic heterocycles. The first kappa shape index (κ1) is 22.5. The summed E-state index contributed by atoms with van der Waals surface area (Å²) in [4.78, 5) is 11.2. The Morgan fingerprint density at radius 2 is 1.27 bits per heavy atom. The van der Waals surface area contributed by atoms with Crippen LogP contribution in [0.3, 0.4) is 0 Å². The first-order valence-electron chi connectivity index (χ1n) is 10.8. The lowest BCUT2D eigenvalue weighted by molar-refractivity contribution is 0.244. The van der Waals surface area contributed by atoms with Crippen molar-refractivity contribution in [3.8, 4) is 0 Å². The molecule has 1 aromatic carbocycles. The van der Waals surface area contributed by atoms with E-state index in [0.717, 1.165) is 18.4 Å². The number of rotatable bonds is 16. The van der Waals surface area contributed by atoms with Crippen molar-refractivity contribution in [1.29, 1.82) is 0 Å². The Balaban J connectivity index is 2.00. The molecule has 3 nitrogen and oxygen atoms in total. The van der Waals surface area contributed by atoms with E-state index in [-0.39, 0.29) is 6.04 Å². The normalized spacial score (nSPS) is 12.0. The SMILES string of the molecule is CCCCCCCCCCCCCCCC(NC(N)=O)c1ccccc1. The molecule has 2 amide bonds. The quantitative estimate of drug-likeness (QED) is 0.310. The fraction of sp³-hybridized carbons (Fsp3) is 0.696. The van der Waals surface area contributed by atoms with E-state index < -0.39 is 6.03 Å². The third kappa shape index (κ3) is 11.9. The van der Waals surface area contributed by atoms with E-state index in [4.69, 9.17) is 5.73 Å². The van der Waals surface area contributed by atoms with Crippen LogP contribution in [0.5, 0.6) is 0 Å². The maximum atomic E-state index is 11.2. The minimum Gasteiger partial charge on any atom is -0.352 e. The van der Waals surface area contributed by atoms with Crippen molar-refractivity contribution in [2.45, 2.75) is 103 Å². The second-order valence-electron chi connectivity index (χ2n) is 7.50. The Labute approximate surface area is 161 Å². The van der Waals surface area contributed by atoms with Gasteiger partial charge in [-0.1, -0.05) is 121 Å². The van der Waals surface area contributed by atoms with Crippen LogP contribution in [0.1, 0.15) is 108 Å². The maximum Gasteiger partial charge on any atom is 0.312 e. The highest BCUT2D eigenvalue weighted by Gasteiger charge is 2.12. The lowest BCUT2D eigenvalue weighted by Crippen LogP contribution is -2.33. The largest absolute Gasteiger partial charge is 0.352 e. The average molecular weight is 361 g/mol. The van der Waals surface area contributed by atoms with E-state index in [0.29, 0.717) is 0 Å². The molecule has 0 saturated carbocycles. The molecule has 0 radical (unpaired) electrons. The van der Waals surface area contributed by atoms with Crippen LogP contribution in [-0.4, -0.2) is 6.03 Å². The zero-order chi connectivity index (χ0) is 18.9. The van der Waals surface area contributed by atoms with Crippen LogP contribution in [0.15, 0.2) is 30.3 Å². The van der Waals surface area contributed by atoms with Crippen molar-refractivity contribution >= 4 is 6.03 Å². The zero-order valence-electron chi connectivity index (χ0n) is 16.8. The Bertz CT molecular complexity index is 447. The summed E-state index contributed by atoms with van der Waals surface area (Å²) in [6.07, 6.45) is 18.6. The number of hydrogen-bond acceptors (Lipinski definition) is 1. The second kappa shape index (κ2) is 15.7. The summed E-state index contributed by atoms with van der Waals surface area (Å²) in [5.74, 6) is 0. The maximum absolute atomic E-state index is 11.2. The van der Waals surface area contributed by atoms with Crippen molar-refractivity contribution in [2.24, 2.45) is 5.73 Å². The molecule has 1 atom stereocenters. The Morgan fingerprint density at radius 3 is 1.73 bits per heavy atom. The van der Waals surface area contributed by atoms with Gasteiger partial charge in [0.25, 0.3) is 0 Å². The number of benzene rings is 1. The van der Waals surface area contributed by atoms with Gasteiger partial charge in [0.15, 0.2) is 0 Å². The number of urea groups is 1. The predicted octanol–water partition coefficient (Wildman–Crippen LogP) is 6.88. The van der Waals surface area contributed by atoms with Crippen molar-refractivity contribution in [1.82, 2.24) is 5.32 Å². The molecule has 3 N–H and O–H groups in total. The molecule has 0 saturated heterocycles. The molecule has 0 heterocycles. The molecule has 1 unspecified atom stereocenters. The van der Waals surface area contributed by atoms with Gasteiger partial charge in [0, 0.05) is 0 Å². The number of nitrogens with two attached hydrogens (primary N) is 1. The van der Waals surface area contributed by atoms with Crippen LogP contribution in [-0.2, 0) is 0 Å². The molecule has 1 aromatic rings. The number of carbonyl (C=O) groups excluding carboxylic acids is 1. The van der Waals surface area contributed by atoms with Crippen LogP contribution < -0.4 is 11.1 Å². The third-order valence-electron chi connectivity index (χ3n) is 5.11. The topological polar surface area (TPSA) is 55.1 Å². The lowest BCUT2D eigenvalue weighted by Gasteiger charge is -2.18. The minimum atomic E-state index is -0.437. The summed E-state index contributed by atoms with van der Waals surface area (Å²) in [6, 6.07) is 9.74. The number of carbonyl (C=O) groups is 1.